The number of imidazole rings is 1. The third-order valence-corrected chi connectivity index (χ3v) is 8.24. The lowest BCUT2D eigenvalue weighted by Gasteiger charge is -2.40. The maximum atomic E-state index is 6.22. The zero-order valence-corrected chi connectivity index (χ0v) is 19.8. The van der Waals surface area contributed by atoms with Crippen molar-refractivity contribution in [3.8, 4) is 11.3 Å². The van der Waals surface area contributed by atoms with Gasteiger partial charge >= 0.3 is 0 Å². The highest BCUT2D eigenvalue weighted by atomic mass is 15.2. The predicted octanol–water partition coefficient (Wildman–Crippen LogP) is 5.86. The number of nitrogens with zero attached hydrogens (tertiary/aromatic N) is 3. The molecule has 0 radical (unpaired) electrons. The van der Waals surface area contributed by atoms with Crippen molar-refractivity contribution >= 4 is 11.3 Å². The highest BCUT2D eigenvalue weighted by Gasteiger charge is 2.49. The van der Waals surface area contributed by atoms with Crippen LogP contribution in [0.1, 0.15) is 69.7 Å². The number of nitrogens with two attached hydrogens (primary N) is 1. The minimum absolute atomic E-state index is 0.428. The van der Waals surface area contributed by atoms with Gasteiger partial charge in [0.05, 0.1) is 11.4 Å². The number of rotatable bonds is 3. The minimum atomic E-state index is 0.428. The summed E-state index contributed by atoms with van der Waals surface area (Å²) in [7, 11) is 0. The topological polar surface area (TPSA) is 46.6 Å². The van der Waals surface area contributed by atoms with Crippen molar-refractivity contribution in [2.45, 2.75) is 78.3 Å². The summed E-state index contributed by atoms with van der Waals surface area (Å²) in [4.78, 5) is 7.87. The Hall–Kier alpha value is -2.33. The molecule has 2 bridgehead atoms. The average Bonchev–Trinajstić information content (AvgIpc) is 3.20. The largest absolute Gasteiger partial charge is 0.398 e. The Balaban J connectivity index is 1.43. The van der Waals surface area contributed by atoms with Gasteiger partial charge in [0.15, 0.2) is 0 Å². The molecule has 1 aromatic carbocycles. The fourth-order valence-corrected chi connectivity index (χ4v) is 7.33. The molecule has 2 N–H and O–H groups in total. The van der Waals surface area contributed by atoms with E-state index in [1.165, 1.54) is 73.9 Å². The van der Waals surface area contributed by atoms with Crippen LogP contribution in [0.2, 0.25) is 0 Å². The molecule has 32 heavy (non-hydrogen) atoms. The van der Waals surface area contributed by atoms with E-state index in [-0.39, 0.29) is 0 Å². The van der Waals surface area contributed by atoms with Crippen molar-refractivity contribution in [1.29, 1.82) is 0 Å². The summed E-state index contributed by atoms with van der Waals surface area (Å²) in [6.07, 6.45) is 11.0. The zero-order valence-electron chi connectivity index (χ0n) is 19.8. The molecule has 168 valence electrons. The molecule has 2 fully saturated rings. The van der Waals surface area contributed by atoms with Crippen molar-refractivity contribution < 1.29 is 0 Å². The van der Waals surface area contributed by atoms with Crippen LogP contribution < -0.4 is 5.73 Å². The van der Waals surface area contributed by atoms with Crippen LogP contribution in [0.3, 0.4) is 0 Å². The van der Waals surface area contributed by atoms with E-state index in [4.69, 9.17) is 10.7 Å². The number of nitrogen functional groups attached to an aromatic ring is 1. The van der Waals surface area contributed by atoms with Gasteiger partial charge in [-0.1, -0.05) is 32.9 Å². The molecule has 0 spiro atoms. The van der Waals surface area contributed by atoms with Gasteiger partial charge in [-0.05, 0) is 85.1 Å². The first-order valence-corrected chi connectivity index (χ1v) is 12.4. The van der Waals surface area contributed by atoms with Crippen LogP contribution in [0.5, 0.6) is 0 Å². The van der Waals surface area contributed by atoms with Gasteiger partial charge in [-0.15, -0.1) is 0 Å². The van der Waals surface area contributed by atoms with E-state index in [0.29, 0.717) is 16.9 Å². The smallest absolute Gasteiger partial charge is 0.137 e. The van der Waals surface area contributed by atoms with Crippen LogP contribution in [0.25, 0.3) is 16.9 Å². The van der Waals surface area contributed by atoms with Crippen molar-refractivity contribution in [3.05, 3.63) is 53.3 Å². The van der Waals surface area contributed by atoms with Gasteiger partial charge < -0.3 is 10.1 Å². The van der Waals surface area contributed by atoms with Crippen LogP contribution in [-0.2, 0) is 19.4 Å². The average molecular weight is 429 g/mol. The van der Waals surface area contributed by atoms with E-state index < -0.39 is 0 Å². The maximum absolute atomic E-state index is 6.22. The quantitative estimate of drug-likeness (QED) is 0.568. The summed E-state index contributed by atoms with van der Waals surface area (Å²) in [6.45, 7) is 9.52. The van der Waals surface area contributed by atoms with Crippen molar-refractivity contribution in [2.24, 2.45) is 10.8 Å². The Morgan fingerprint density at radius 2 is 1.84 bits per heavy atom. The van der Waals surface area contributed by atoms with E-state index >= 15 is 0 Å². The first-order chi connectivity index (χ1) is 15.3. The summed E-state index contributed by atoms with van der Waals surface area (Å²) in [5, 5.41) is 0. The molecule has 2 aromatic heterocycles. The van der Waals surface area contributed by atoms with Gasteiger partial charge in [0.25, 0.3) is 0 Å². The first-order valence-electron chi connectivity index (χ1n) is 12.4. The lowest BCUT2D eigenvalue weighted by atomic mass is 9.65. The summed E-state index contributed by atoms with van der Waals surface area (Å²) >= 11 is 0. The second kappa shape index (κ2) is 7.08. The van der Waals surface area contributed by atoms with Crippen LogP contribution in [0.4, 0.5) is 5.69 Å². The SMILES string of the molecule is CC1(C)CC2CC(C)(CN2Cc2c(-c3ccc4c(c3)CCCC4)nc3ccc(N)cn23)C1. The number of hydrogen-bond donors (Lipinski definition) is 1. The van der Waals surface area contributed by atoms with Crippen LogP contribution >= 0.6 is 0 Å². The minimum Gasteiger partial charge on any atom is -0.398 e. The number of benzene rings is 1. The number of aromatic nitrogens is 2. The van der Waals surface area contributed by atoms with Gasteiger partial charge in [0, 0.05) is 36.6 Å². The molecule has 1 aliphatic heterocycles. The van der Waals surface area contributed by atoms with E-state index in [1.54, 1.807) is 0 Å². The third kappa shape index (κ3) is 3.44. The Morgan fingerprint density at radius 1 is 1.03 bits per heavy atom. The van der Waals surface area contributed by atoms with Gasteiger partial charge in [0.1, 0.15) is 5.65 Å². The van der Waals surface area contributed by atoms with Crippen molar-refractivity contribution in [1.82, 2.24) is 14.3 Å². The number of hydrogen-bond acceptors (Lipinski definition) is 3. The molecule has 3 aromatic rings. The van der Waals surface area contributed by atoms with Crippen molar-refractivity contribution in [3.63, 3.8) is 0 Å². The monoisotopic (exact) mass is 428 g/mol. The highest BCUT2D eigenvalue weighted by molar-refractivity contribution is 5.69. The second-order valence-electron chi connectivity index (χ2n) is 11.9. The standard InChI is InChI=1S/C28H36N4/c1-27(2)13-23-14-28(3,17-27)18-31(23)16-24-26(30-25-11-10-22(29)15-32(24)25)21-9-8-19-6-4-5-7-20(19)12-21/h8-12,15,23H,4-7,13-14,16-18,29H2,1-3H3. The molecule has 4 nitrogen and oxygen atoms in total. The molecule has 3 heterocycles. The third-order valence-electron chi connectivity index (χ3n) is 8.24. The van der Waals surface area contributed by atoms with E-state index in [1.807, 2.05) is 6.07 Å². The summed E-state index contributed by atoms with van der Waals surface area (Å²) in [5.74, 6) is 0. The van der Waals surface area contributed by atoms with Gasteiger partial charge in [0.2, 0.25) is 0 Å². The number of fused-ring (bicyclic) bond motifs is 4. The van der Waals surface area contributed by atoms with Crippen LogP contribution in [0.15, 0.2) is 36.5 Å². The zero-order chi connectivity index (χ0) is 22.1. The summed E-state index contributed by atoms with van der Waals surface area (Å²) < 4.78 is 2.25. The molecule has 2 atom stereocenters. The molecule has 2 aliphatic carbocycles. The Morgan fingerprint density at radius 3 is 2.69 bits per heavy atom. The Labute approximate surface area is 191 Å². The van der Waals surface area contributed by atoms with E-state index in [2.05, 4.69) is 60.5 Å². The molecular weight excluding hydrogens is 392 g/mol. The van der Waals surface area contributed by atoms with Crippen LogP contribution in [-0.4, -0.2) is 26.9 Å². The molecule has 0 amide bonds. The molecule has 2 unspecified atom stereocenters. The predicted molar refractivity (Wildman–Crippen MR) is 132 cm³/mol. The first kappa shape index (κ1) is 20.3. The molecule has 1 saturated carbocycles. The number of pyridine rings is 1. The molecular formula is C28H36N4. The van der Waals surface area contributed by atoms with Gasteiger partial charge in [-0.3, -0.25) is 4.90 Å². The van der Waals surface area contributed by atoms with E-state index in [9.17, 15) is 0 Å². The highest BCUT2D eigenvalue weighted by Crippen LogP contribution is 2.53. The molecule has 1 saturated heterocycles. The Bertz CT molecular complexity index is 1190. The van der Waals surface area contributed by atoms with E-state index in [0.717, 1.165) is 23.6 Å². The van der Waals surface area contributed by atoms with Gasteiger partial charge in [-0.25, -0.2) is 4.98 Å². The fourth-order valence-electron chi connectivity index (χ4n) is 7.33. The lowest BCUT2D eigenvalue weighted by Crippen LogP contribution is -2.34. The van der Waals surface area contributed by atoms with Crippen LogP contribution in [0, 0.1) is 10.8 Å². The fraction of sp³-hybridized carbons (Fsp3) is 0.536. The molecule has 6 rings (SSSR count). The number of aryl methyl sites for hydroxylation is 2. The normalized spacial score (nSPS) is 27.0. The second-order valence-corrected chi connectivity index (χ2v) is 11.9. The van der Waals surface area contributed by atoms with Gasteiger partial charge in [-0.2, -0.15) is 0 Å². The van der Waals surface area contributed by atoms with Crippen molar-refractivity contribution in [2.75, 3.05) is 12.3 Å². The summed E-state index contributed by atoms with van der Waals surface area (Å²) in [5.41, 5.74) is 15.6. The maximum Gasteiger partial charge on any atom is 0.137 e. The summed E-state index contributed by atoms with van der Waals surface area (Å²) in [6, 6.07) is 11.7. The molecule has 4 heteroatoms. The number of likely N-dealkylation sites (tertiary alicyclic amines) is 1. The Kier molecular flexibility index (Phi) is 4.49. The number of anilines is 1. The molecule has 3 aliphatic rings. The lowest BCUT2D eigenvalue weighted by molar-refractivity contribution is 0.126.